The summed E-state index contributed by atoms with van der Waals surface area (Å²) in [6.07, 6.45) is 0. The largest absolute Gasteiger partial charge is 0.466 e. The third kappa shape index (κ3) is 367. The van der Waals surface area contributed by atoms with Crippen molar-refractivity contribution in [3.8, 4) is 0 Å². The van der Waals surface area contributed by atoms with Crippen molar-refractivity contribution in [3.63, 3.8) is 0 Å². The molecule has 0 aliphatic carbocycles. The quantitative estimate of drug-likeness (QED) is 0.376. The first-order chi connectivity index (χ1) is 4.00. The van der Waals surface area contributed by atoms with Crippen molar-refractivity contribution in [2.24, 2.45) is 0 Å². The van der Waals surface area contributed by atoms with Gasteiger partial charge in [-0.1, -0.05) is 0 Å². The van der Waals surface area contributed by atoms with Crippen molar-refractivity contribution in [3.05, 3.63) is 0 Å². The van der Waals surface area contributed by atoms with Crippen LogP contribution >= 0.6 is 7.82 Å². The summed E-state index contributed by atoms with van der Waals surface area (Å²) in [6, 6.07) is 0. The van der Waals surface area contributed by atoms with Gasteiger partial charge in [0.1, 0.15) is 0 Å². The normalized spacial score (nSPS) is 12.0. The number of phosphoric acid groups is 1. The summed E-state index contributed by atoms with van der Waals surface area (Å²) < 4.78 is 8.41. The molecule has 0 saturated heterocycles. The van der Waals surface area contributed by atoms with Crippen LogP contribution in [0.3, 0.4) is 0 Å². The van der Waals surface area contributed by atoms with Gasteiger partial charge >= 0.3 is 59.1 Å². The molecule has 0 aromatic rings. The molecule has 0 radical (unpaired) electrons. The van der Waals surface area contributed by atoms with Gasteiger partial charge in [-0.05, 0) is 0 Å². The second-order valence-electron chi connectivity index (χ2n) is 3.51. The van der Waals surface area contributed by atoms with Crippen molar-refractivity contribution >= 4 is 39.5 Å². The van der Waals surface area contributed by atoms with Crippen LogP contribution in [0.4, 0.5) is 0 Å². The molecule has 0 aromatic heterocycles. The Bertz CT molecular complexity index is 113. The fourth-order valence-electron chi connectivity index (χ4n) is 0. The molecule has 0 unspecified atom stereocenters. The second-order valence-corrected chi connectivity index (χ2v) is 19.5. The van der Waals surface area contributed by atoms with Crippen molar-refractivity contribution < 1.29 is 19.2 Å². The van der Waals surface area contributed by atoms with E-state index in [4.69, 9.17) is 19.2 Å². The van der Waals surface area contributed by atoms with Crippen LogP contribution in [0, 0.1) is 0 Å². The Morgan fingerprint density at radius 2 is 1.20 bits per heavy atom. The van der Waals surface area contributed by atoms with Gasteiger partial charge in [-0.2, -0.15) is 0 Å². The summed E-state index contributed by atoms with van der Waals surface area (Å²) in [4.78, 5) is 21.6. The second kappa shape index (κ2) is 5.06. The number of hydrogen-bond acceptors (Lipinski definition) is 1. The Morgan fingerprint density at radius 1 is 1.20 bits per heavy atom. The minimum absolute atomic E-state index is 0.472. The van der Waals surface area contributed by atoms with E-state index < -0.39 is 12.5 Å². The average Bonchev–Trinajstić information content (AvgIpc) is 1.12. The van der Waals surface area contributed by atoms with E-state index in [1.165, 1.54) is 27.0 Å². The zero-order chi connectivity index (χ0) is 9.00. The molecule has 58 valence electrons. The Balaban J connectivity index is 0. The van der Waals surface area contributed by atoms with Gasteiger partial charge in [0.15, 0.2) is 0 Å². The molecule has 0 rings (SSSR count). The summed E-state index contributed by atoms with van der Waals surface area (Å²) in [5, 5.41) is 0. The van der Waals surface area contributed by atoms with Crippen LogP contribution in [0.1, 0.15) is 0 Å². The van der Waals surface area contributed by atoms with E-state index in [0.29, 0.717) is 0 Å². The van der Waals surface area contributed by atoms with Crippen LogP contribution < -0.4 is 0 Å². The third-order valence-electron chi connectivity index (χ3n) is 0. The van der Waals surface area contributed by atoms with Crippen LogP contribution in [-0.2, 0) is 4.57 Å². The molecule has 0 amide bonds. The van der Waals surface area contributed by atoms with E-state index in [1.807, 2.05) is 0 Å². The first kappa shape index (κ1) is 13.9. The van der Waals surface area contributed by atoms with Crippen molar-refractivity contribution in [1.29, 1.82) is 0 Å². The first-order valence-corrected chi connectivity index (χ1v) is 11.3. The molecule has 4 nitrogen and oxygen atoms in total. The molecular weight excluding hydrogens is 182 g/mol. The molecule has 0 aromatic carbocycles. The minimum atomic E-state index is -4.64. The molecule has 3 N–H and O–H groups in total. The van der Waals surface area contributed by atoms with Gasteiger partial charge in [0.2, 0.25) is 0 Å². The zero-order valence-electron chi connectivity index (χ0n) is 6.70. The predicted octanol–water partition coefficient (Wildman–Crippen LogP) is 0.0612. The molecule has 0 bridgehead atoms. The molecule has 10 heavy (non-hydrogen) atoms. The van der Waals surface area contributed by atoms with Gasteiger partial charge < -0.3 is 14.7 Å². The molecule has 0 aliphatic heterocycles. The van der Waals surface area contributed by atoms with E-state index in [2.05, 4.69) is 19.6 Å². The van der Waals surface area contributed by atoms with Crippen LogP contribution in [0.15, 0.2) is 0 Å². The van der Waals surface area contributed by atoms with E-state index in [1.54, 1.807) is 0 Å². The molecule has 0 fully saturated rings. The standard InChI is InChI=1S/C3H9Si.Na.H3O4P/c1-4(2)3;;1-5(2,3)4/h1-3H3;;(H3,1,2,3,4). The third-order valence-corrected chi connectivity index (χ3v) is 0. The van der Waals surface area contributed by atoms with Crippen LogP contribution in [0.25, 0.3) is 0 Å². The van der Waals surface area contributed by atoms with Gasteiger partial charge in [0.25, 0.3) is 0 Å². The summed E-state index contributed by atoms with van der Waals surface area (Å²) in [5.41, 5.74) is 0. The predicted molar refractivity (Wildman–Crippen MR) is 43.4 cm³/mol. The smallest absolute Gasteiger partial charge is 0.303 e. The molecule has 0 atom stereocenters. The number of hydrogen-bond donors (Lipinski definition) is 3. The molecule has 0 aliphatic rings. The maximum atomic E-state index is 8.88. The fraction of sp³-hybridized carbons (Fsp3) is 1.00. The average molecular weight is 194 g/mol. The Morgan fingerprint density at radius 3 is 1.20 bits per heavy atom. The summed E-state index contributed by atoms with van der Waals surface area (Å²) in [6.45, 7) is 7.16. The van der Waals surface area contributed by atoms with Crippen LogP contribution in [-0.4, -0.2) is 46.3 Å². The molecular formula is C3H12NaO4PSi. The fourth-order valence-corrected chi connectivity index (χ4v) is 0. The Labute approximate surface area is 78.1 Å². The Kier molecular flexibility index (Phi) is 7.02. The maximum Gasteiger partial charge on any atom is 0.466 e. The SMILES string of the molecule is C[Si](C)(C)[Na].O=P(O)(O)O. The van der Waals surface area contributed by atoms with E-state index in [0.717, 1.165) is 0 Å². The monoisotopic (exact) mass is 194 g/mol. The van der Waals surface area contributed by atoms with E-state index >= 15 is 0 Å². The molecule has 7 heteroatoms. The van der Waals surface area contributed by atoms with Crippen LogP contribution in [0.5, 0.6) is 0 Å². The summed E-state index contributed by atoms with van der Waals surface area (Å²) >= 11 is 1.45. The molecule has 0 saturated carbocycles. The first-order valence-electron chi connectivity index (χ1n) is 2.78. The van der Waals surface area contributed by atoms with Gasteiger partial charge in [-0.25, -0.2) is 4.57 Å². The number of rotatable bonds is 0. The summed E-state index contributed by atoms with van der Waals surface area (Å²) in [7, 11) is -4.64. The minimum Gasteiger partial charge on any atom is -0.303 e. The van der Waals surface area contributed by atoms with Gasteiger partial charge in [0.05, 0.1) is 0 Å². The topological polar surface area (TPSA) is 77.8 Å². The van der Waals surface area contributed by atoms with E-state index in [-0.39, 0.29) is 0 Å². The van der Waals surface area contributed by atoms with Crippen molar-refractivity contribution in [2.45, 2.75) is 19.6 Å². The summed E-state index contributed by atoms with van der Waals surface area (Å²) in [5.74, 6) is 0. The Hall–Kier alpha value is 1.33. The van der Waals surface area contributed by atoms with Crippen molar-refractivity contribution in [1.82, 2.24) is 0 Å². The van der Waals surface area contributed by atoms with Gasteiger partial charge in [-0.3, -0.25) is 0 Å². The van der Waals surface area contributed by atoms with E-state index in [9.17, 15) is 0 Å². The molecule has 0 spiro atoms. The van der Waals surface area contributed by atoms with Crippen molar-refractivity contribution in [2.75, 3.05) is 0 Å². The molecule has 0 heterocycles. The maximum absolute atomic E-state index is 8.88. The zero-order valence-corrected chi connectivity index (χ0v) is 10.6. The van der Waals surface area contributed by atoms with Crippen LogP contribution in [0.2, 0.25) is 19.6 Å². The van der Waals surface area contributed by atoms with Gasteiger partial charge in [-0.15, -0.1) is 0 Å². The van der Waals surface area contributed by atoms with Gasteiger partial charge in [0, 0.05) is 0 Å².